The van der Waals surface area contributed by atoms with Crippen molar-refractivity contribution in [3.05, 3.63) is 54.6 Å². The number of rotatable bonds is 7. The molecule has 8 heteroatoms. The molecular formula is C21H25N5O3. The van der Waals surface area contributed by atoms with Crippen LogP contribution < -0.4 is 20.5 Å². The van der Waals surface area contributed by atoms with Crippen molar-refractivity contribution in [1.82, 2.24) is 14.8 Å². The van der Waals surface area contributed by atoms with Gasteiger partial charge in [0.1, 0.15) is 18.4 Å². The van der Waals surface area contributed by atoms with E-state index in [1.807, 2.05) is 52.0 Å². The van der Waals surface area contributed by atoms with Gasteiger partial charge in [-0.15, -0.1) is 0 Å². The molecule has 3 rings (SSSR count). The molecule has 1 aromatic heterocycles. The van der Waals surface area contributed by atoms with Crippen LogP contribution in [0, 0.1) is 0 Å². The molecule has 0 aliphatic carbocycles. The molecule has 0 unspecified atom stereocenters. The number of carbonyl (C=O) groups is 1. The smallest absolute Gasteiger partial charge is 0.279 e. The van der Waals surface area contributed by atoms with Gasteiger partial charge in [-0.2, -0.15) is 9.78 Å². The quantitative estimate of drug-likeness (QED) is 0.585. The first kappa shape index (κ1) is 20.2. The number of nitrogens with two attached hydrogens (primary N) is 1. The molecule has 0 fully saturated rings. The molecule has 29 heavy (non-hydrogen) atoms. The zero-order valence-corrected chi connectivity index (χ0v) is 16.9. The van der Waals surface area contributed by atoms with Gasteiger partial charge in [0.15, 0.2) is 5.75 Å². The Hall–Kier alpha value is -3.55. The Kier molecular flexibility index (Phi) is 6.01. The lowest BCUT2D eigenvalue weighted by atomic mass is 10.1. The molecule has 3 N–H and O–H groups in total. The number of carbonyl (C=O) groups excluding carboxylic acids is 1. The Morgan fingerprint density at radius 2 is 1.76 bits per heavy atom. The lowest BCUT2D eigenvalue weighted by Crippen LogP contribution is -2.15. The first-order valence-corrected chi connectivity index (χ1v) is 9.36. The van der Waals surface area contributed by atoms with E-state index >= 15 is 0 Å². The van der Waals surface area contributed by atoms with Crippen LogP contribution in [-0.2, 0) is 0 Å². The summed E-state index contributed by atoms with van der Waals surface area (Å²) >= 11 is 0. The molecule has 0 saturated carbocycles. The van der Waals surface area contributed by atoms with Crippen molar-refractivity contribution in [3.8, 4) is 11.5 Å². The van der Waals surface area contributed by atoms with Crippen molar-refractivity contribution >= 4 is 23.0 Å². The molecule has 0 bridgehead atoms. The molecule has 0 aliphatic heterocycles. The number of nitrogen functional groups attached to an aromatic ring is 1. The van der Waals surface area contributed by atoms with Crippen LogP contribution in [0.1, 0.15) is 38.1 Å². The number of aromatic nitrogens is 3. The van der Waals surface area contributed by atoms with Gasteiger partial charge < -0.3 is 20.5 Å². The summed E-state index contributed by atoms with van der Waals surface area (Å²) in [6, 6.07) is 10.8. The molecule has 152 valence electrons. The monoisotopic (exact) mass is 395 g/mol. The zero-order chi connectivity index (χ0) is 21.0. The van der Waals surface area contributed by atoms with Crippen LogP contribution in [0.2, 0.25) is 0 Å². The van der Waals surface area contributed by atoms with Gasteiger partial charge in [-0.05, 0) is 64.1 Å². The summed E-state index contributed by atoms with van der Waals surface area (Å²) in [6.07, 6.45) is 2.66. The van der Waals surface area contributed by atoms with Crippen molar-refractivity contribution < 1.29 is 14.3 Å². The lowest BCUT2D eigenvalue weighted by molar-refractivity contribution is 0.0944. The molecule has 3 aromatic rings. The summed E-state index contributed by atoms with van der Waals surface area (Å²) < 4.78 is 12.7. The van der Waals surface area contributed by atoms with Gasteiger partial charge in [0.05, 0.1) is 23.6 Å². The van der Waals surface area contributed by atoms with Gasteiger partial charge >= 0.3 is 0 Å². The Balaban J connectivity index is 1.94. The van der Waals surface area contributed by atoms with Crippen molar-refractivity contribution in [3.63, 3.8) is 0 Å². The van der Waals surface area contributed by atoms with E-state index < -0.39 is 0 Å². The maximum absolute atomic E-state index is 12.7. The van der Waals surface area contributed by atoms with Crippen LogP contribution in [0.3, 0.4) is 0 Å². The highest BCUT2D eigenvalue weighted by molar-refractivity contribution is 5.98. The molecular weight excluding hydrogens is 370 g/mol. The molecule has 0 aliphatic rings. The number of nitrogens with one attached hydrogen (secondary N) is 1. The number of hydrogen-bond acceptors (Lipinski definition) is 7. The van der Waals surface area contributed by atoms with Gasteiger partial charge in [-0.25, -0.2) is 4.98 Å². The predicted octanol–water partition coefficient (Wildman–Crippen LogP) is 3.87. The second-order valence-electron chi connectivity index (χ2n) is 7.07. The fourth-order valence-corrected chi connectivity index (χ4v) is 2.72. The maximum atomic E-state index is 12.7. The van der Waals surface area contributed by atoms with Gasteiger partial charge in [0, 0.05) is 11.3 Å². The van der Waals surface area contributed by atoms with Gasteiger partial charge in [-0.3, -0.25) is 4.79 Å². The summed E-state index contributed by atoms with van der Waals surface area (Å²) in [5, 5.41) is 7.17. The molecule has 0 radical (unpaired) electrons. The van der Waals surface area contributed by atoms with E-state index in [9.17, 15) is 4.79 Å². The number of hydrogen-bond donors (Lipinski definition) is 2. The topological polar surface area (TPSA) is 104 Å². The van der Waals surface area contributed by atoms with Crippen LogP contribution >= 0.6 is 0 Å². The van der Waals surface area contributed by atoms with E-state index in [0.29, 0.717) is 22.7 Å². The first-order valence-electron chi connectivity index (χ1n) is 9.36. The second-order valence-corrected chi connectivity index (χ2v) is 7.07. The molecule has 8 nitrogen and oxygen atoms in total. The van der Waals surface area contributed by atoms with E-state index in [4.69, 9.17) is 15.2 Å². The second kappa shape index (κ2) is 8.64. The summed E-state index contributed by atoms with van der Waals surface area (Å²) in [4.78, 5) is 16.5. The zero-order valence-electron chi connectivity index (χ0n) is 16.9. The van der Waals surface area contributed by atoms with E-state index in [1.165, 1.54) is 12.7 Å². The largest absolute Gasteiger partial charge is 0.491 e. The molecule has 0 saturated heterocycles. The normalized spacial score (nSPS) is 11.0. The number of ether oxygens (including phenoxy) is 2. The van der Waals surface area contributed by atoms with Crippen molar-refractivity contribution in [2.75, 3.05) is 11.1 Å². The minimum absolute atomic E-state index is 0.0865. The van der Waals surface area contributed by atoms with Gasteiger partial charge in [0.25, 0.3) is 5.91 Å². The van der Waals surface area contributed by atoms with Crippen LogP contribution in [0.25, 0.3) is 0 Å². The van der Waals surface area contributed by atoms with Crippen molar-refractivity contribution in [2.24, 2.45) is 0 Å². The maximum Gasteiger partial charge on any atom is 0.279 e. The van der Waals surface area contributed by atoms with Gasteiger partial charge in [0.2, 0.25) is 0 Å². The Labute approximate surface area is 169 Å². The number of benzene rings is 2. The molecule has 0 spiro atoms. The molecule has 0 atom stereocenters. The first-order chi connectivity index (χ1) is 13.8. The lowest BCUT2D eigenvalue weighted by Gasteiger charge is -2.19. The average Bonchev–Trinajstić information content (AvgIpc) is 3.19. The van der Waals surface area contributed by atoms with Crippen LogP contribution in [-0.4, -0.2) is 32.9 Å². The van der Waals surface area contributed by atoms with E-state index in [1.54, 1.807) is 12.1 Å². The highest BCUT2D eigenvalue weighted by atomic mass is 16.5. The molecule has 0 amide bonds. The van der Waals surface area contributed by atoms with Crippen molar-refractivity contribution in [1.29, 1.82) is 0 Å². The molecule has 2 aromatic carbocycles. The molecule has 1 heterocycles. The summed E-state index contributed by atoms with van der Waals surface area (Å²) in [7, 11) is 0. The number of anilines is 3. The fourth-order valence-electron chi connectivity index (χ4n) is 2.72. The third-order valence-corrected chi connectivity index (χ3v) is 3.85. The van der Waals surface area contributed by atoms with Crippen LogP contribution in [0.5, 0.6) is 11.5 Å². The highest BCUT2D eigenvalue weighted by Crippen LogP contribution is 2.36. The van der Waals surface area contributed by atoms with Crippen LogP contribution in [0.15, 0.2) is 49.1 Å². The minimum Gasteiger partial charge on any atom is -0.491 e. The van der Waals surface area contributed by atoms with E-state index in [2.05, 4.69) is 15.4 Å². The Morgan fingerprint density at radius 3 is 2.34 bits per heavy atom. The average molecular weight is 395 g/mol. The SMILES string of the molecule is CC(C)Oc1ccc(Nc2cc(C(=O)n3cncn3)cc(N)c2OC(C)C)cc1. The summed E-state index contributed by atoms with van der Waals surface area (Å²) in [5.41, 5.74) is 8.32. The third-order valence-electron chi connectivity index (χ3n) is 3.85. The Morgan fingerprint density at radius 1 is 1.07 bits per heavy atom. The predicted molar refractivity (Wildman–Crippen MR) is 112 cm³/mol. The van der Waals surface area contributed by atoms with Gasteiger partial charge in [-0.1, -0.05) is 0 Å². The minimum atomic E-state index is -0.339. The van der Waals surface area contributed by atoms with E-state index in [0.717, 1.165) is 16.1 Å². The Bertz CT molecular complexity index is 967. The summed E-state index contributed by atoms with van der Waals surface area (Å²) in [5.74, 6) is 0.922. The van der Waals surface area contributed by atoms with Crippen LogP contribution in [0.4, 0.5) is 17.1 Å². The summed E-state index contributed by atoms with van der Waals surface area (Å²) in [6.45, 7) is 7.77. The fraction of sp³-hybridized carbons (Fsp3) is 0.286. The van der Waals surface area contributed by atoms with Crippen molar-refractivity contribution in [2.45, 2.75) is 39.9 Å². The van der Waals surface area contributed by atoms with E-state index in [-0.39, 0.29) is 18.1 Å². The third kappa shape index (κ3) is 5.04. The standard InChI is InChI=1S/C21H25N5O3/c1-13(2)28-17-7-5-16(6-8-17)25-19-10-15(21(27)26-12-23-11-24-26)9-18(22)20(19)29-14(3)4/h5-14,25H,22H2,1-4H3. The number of nitrogens with zero attached hydrogens (tertiary/aromatic N) is 3. The highest BCUT2D eigenvalue weighted by Gasteiger charge is 2.17.